The third-order valence-corrected chi connectivity index (χ3v) is 2.84. The molecule has 17 heavy (non-hydrogen) atoms. The second-order valence-electron chi connectivity index (χ2n) is 3.75. The Morgan fingerprint density at radius 2 is 2.18 bits per heavy atom. The number of rotatable bonds is 4. The molecule has 0 aliphatic rings. The van der Waals surface area contributed by atoms with Crippen molar-refractivity contribution in [1.82, 2.24) is 9.97 Å². The molecule has 0 aliphatic carbocycles. The standard InChI is InChI=1S/C10H14Cl2N4O/c1-3-5(2)8(13)9(17)15-7-4-6(11)14-10(12)16-7/h4-5,8H,3,13H2,1-2H3,(H,14,15,16,17). The number of aromatic nitrogens is 2. The molecule has 0 saturated carbocycles. The first kappa shape index (κ1) is 14.2. The minimum atomic E-state index is -0.590. The Morgan fingerprint density at radius 3 is 2.71 bits per heavy atom. The summed E-state index contributed by atoms with van der Waals surface area (Å²) >= 11 is 11.3. The second kappa shape index (κ2) is 6.14. The Kier molecular flexibility index (Phi) is 5.11. The highest BCUT2D eigenvalue weighted by molar-refractivity contribution is 6.32. The summed E-state index contributed by atoms with van der Waals surface area (Å²) in [4.78, 5) is 19.3. The van der Waals surface area contributed by atoms with Crippen LogP contribution in [-0.2, 0) is 4.79 Å². The van der Waals surface area contributed by atoms with Crippen LogP contribution >= 0.6 is 23.2 Å². The van der Waals surface area contributed by atoms with E-state index >= 15 is 0 Å². The van der Waals surface area contributed by atoms with Crippen LogP contribution in [-0.4, -0.2) is 21.9 Å². The molecule has 0 aliphatic heterocycles. The average Bonchev–Trinajstić information content (AvgIpc) is 2.25. The van der Waals surface area contributed by atoms with Crippen molar-refractivity contribution in [2.45, 2.75) is 26.3 Å². The summed E-state index contributed by atoms with van der Waals surface area (Å²) in [7, 11) is 0. The number of hydrogen-bond donors (Lipinski definition) is 2. The lowest BCUT2D eigenvalue weighted by atomic mass is 9.99. The van der Waals surface area contributed by atoms with Crippen LogP contribution in [0.25, 0.3) is 0 Å². The lowest BCUT2D eigenvalue weighted by molar-refractivity contribution is -0.118. The van der Waals surface area contributed by atoms with Gasteiger partial charge in [0.05, 0.1) is 6.04 Å². The van der Waals surface area contributed by atoms with Crippen molar-refractivity contribution in [2.24, 2.45) is 11.7 Å². The van der Waals surface area contributed by atoms with Gasteiger partial charge in [0, 0.05) is 6.07 Å². The highest BCUT2D eigenvalue weighted by atomic mass is 35.5. The molecule has 0 bridgehead atoms. The molecule has 1 rings (SSSR count). The zero-order valence-corrected chi connectivity index (χ0v) is 11.1. The monoisotopic (exact) mass is 276 g/mol. The number of carbonyl (C=O) groups excluding carboxylic acids is 1. The summed E-state index contributed by atoms with van der Waals surface area (Å²) in [5, 5.41) is 2.70. The van der Waals surface area contributed by atoms with E-state index in [9.17, 15) is 4.79 Å². The Balaban J connectivity index is 2.74. The molecule has 3 N–H and O–H groups in total. The molecule has 2 atom stereocenters. The average molecular weight is 277 g/mol. The van der Waals surface area contributed by atoms with Crippen LogP contribution in [0.15, 0.2) is 6.07 Å². The van der Waals surface area contributed by atoms with Crippen LogP contribution in [0.5, 0.6) is 0 Å². The van der Waals surface area contributed by atoms with Crippen LogP contribution in [0.1, 0.15) is 20.3 Å². The minimum Gasteiger partial charge on any atom is -0.320 e. The topological polar surface area (TPSA) is 80.9 Å². The second-order valence-corrected chi connectivity index (χ2v) is 4.47. The van der Waals surface area contributed by atoms with Gasteiger partial charge in [-0.3, -0.25) is 4.79 Å². The Bertz CT molecular complexity index is 393. The van der Waals surface area contributed by atoms with Crippen LogP contribution in [0, 0.1) is 5.92 Å². The number of amides is 1. The molecule has 1 heterocycles. The predicted molar refractivity (Wildman–Crippen MR) is 68.1 cm³/mol. The molecule has 94 valence electrons. The summed E-state index contributed by atoms with van der Waals surface area (Å²) in [6, 6.07) is 0.821. The van der Waals surface area contributed by atoms with Gasteiger partial charge in [-0.2, -0.15) is 0 Å². The van der Waals surface area contributed by atoms with Crippen molar-refractivity contribution in [3.8, 4) is 0 Å². The first-order valence-corrected chi connectivity index (χ1v) is 5.96. The fraction of sp³-hybridized carbons (Fsp3) is 0.500. The maximum Gasteiger partial charge on any atom is 0.242 e. The molecule has 1 aromatic rings. The normalized spacial score (nSPS) is 14.2. The van der Waals surface area contributed by atoms with Gasteiger partial charge in [0.25, 0.3) is 0 Å². The van der Waals surface area contributed by atoms with Gasteiger partial charge in [-0.1, -0.05) is 31.9 Å². The number of anilines is 1. The van der Waals surface area contributed by atoms with E-state index in [-0.39, 0.29) is 28.1 Å². The third-order valence-electron chi connectivity index (χ3n) is 2.48. The molecule has 1 amide bonds. The number of carbonyl (C=O) groups is 1. The maximum atomic E-state index is 11.8. The van der Waals surface area contributed by atoms with E-state index in [2.05, 4.69) is 15.3 Å². The summed E-state index contributed by atoms with van der Waals surface area (Å²) in [6.45, 7) is 3.88. The summed E-state index contributed by atoms with van der Waals surface area (Å²) in [6.07, 6.45) is 0.819. The third kappa shape index (κ3) is 4.11. The fourth-order valence-electron chi connectivity index (χ4n) is 1.18. The van der Waals surface area contributed by atoms with Crippen LogP contribution < -0.4 is 11.1 Å². The minimum absolute atomic E-state index is 0.0232. The molecular formula is C10H14Cl2N4O. The van der Waals surface area contributed by atoms with Gasteiger partial charge >= 0.3 is 0 Å². The molecule has 1 aromatic heterocycles. The van der Waals surface area contributed by atoms with E-state index in [1.54, 1.807) is 0 Å². The molecule has 7 heteroatoms. The van der Waals surface area contributed by atoms with E-state index in [0.29, 0.717) is 0 Å². The predicted octanol–water partition coefficient (Wildman–Crippen LogP) is 2.10. The molecule has 0 radical (unpaired) electrons. The van der Waals surface area contributed by atoms with Gasteiger partial charge in [0.1, 0.15) is 11.0 Å². The molecular weight excluding hydrogens is 263 g/mol. The van der Waals surface area contributed by atoms with Crippen molar-refractivity contribution in [2.75, 3.05) is 5.32 Å². The molecule has 5 nitrogen and oxygen atoms in total. The largest absolute Gasteiger partial charge is 0.320 e. The first-order valence-electron chi connectivity index (χ1n) is 5.20. The molecule has 0 fully saturated rings. The first-order chi connectivity index (χ1) is 7.93. The van der Waals surface area contributed by atoms with Crippen molar-refractivity contribution >= 4 is 34.9 Å². The van der Waals surface area contributed by atoms with Gasteiger partial charge in [-0.15, -0.1) is 0 Å². The number of halogens is 2. The van der Waals surface area contributed by atoms with Gasteiger partial charge in [-0.05, 0) is 17.5 Å². The van der Waals surface area contributed by atoms with Crippen LogP contribution in [0.3, 0.4) is 0 Å². The Labute approximate surface area is 110 Å². The van der Waals surface area contributed by atoms with Crippen molar-refractivity contribution in [3.63, 3.8) is 0 Å². The quantitative estimate of drug-likeness (QED) is 0.652. The van der Waals surface area contributed by atoms with Crippen molar-refractivity contribution < 1.29 is 4.79 Å². The summed E-state index contributed by atoms with van der Waals surface area (Å²) < 4.78 is 0. The zero-order valence-electron chi connectivity index (χ0n) is 9.58. The van der Waals surface area contributed by atoms with Crippen molar-refractivity contribution in [1.29, 1.82) is 0 Å². The molecule has 0 saturated heterocycles. The fourth-order valence-corrected chi connectivity index (χ4v) is 1.58. The highest BCUT2D eigenvalue weighted by Gasteiger charge is 2.20. The zero-order chi connectivity index (χ0) is 13.0. The van der Waals surface area contributed by atoms with E-state index in [1.165, 1.54) is 6.07 Å². The van der Waals surface area contributed by atoms with Crippen LogP contribution in [0.2, 0.25) is 10.4 Å². The molecule has 2 unspecified atom stereocenters. The smallest absolute Gasteiger partial charge is 0.242 e. The van der Waals surface area contributed by atoms with Crippen LogP contribution in [0.4, 0.5) is 5.82 Å². The van der Waals surface area contributed by atoms with E-state index < -0.39 is 6.04 Å². The molecule has 0 spiro atoms. The number of nitrogens with zero attached hydrogens (tertiary/aromatic N) is 2. The Morgan fingerprint density at radius 1 is 1.53 bits per heavy atom. The van der Waals surface area contributed by atoms with Gasteiger partial charge in [-0.25, -0.2) is 9.97 Å². The van der Waals surface area contributed by atoms with E-state index in [0.717, 1.165) is 6.42 Å². The van der Waals surface area contributed by atoms with E-state index in [4.69, 9.17) is 28.9 Å². The van der Waals surface area contributed by atoms with Gasteiger partial charge in [0.2, 0.25) is 11.2 Å². The molecule has 0 aromatic carbocycles. The lowest BCUT2D eigenvalue weighted by Gasteiger charge is -2.17. The maximum absolute atomic E-state index is 11.8. The number of nitrogens with two attached hydrogens (primary N) is 1. The van der Waals surface area contributed by atoms with Crippen molar-refractivity contribution in [3.05, 3.63) is 16.5 Å². The SMILES string of the molecule is CCC(C)C(N)C(=O)Nc1cc(Cl)nc(Cl)n1. The number of nitrogens with one attached hydrogen (secondary N) is 1. The number of hydrogen-bond acceptors (Lipinski definition) is 4. The van der Waals surface area contributed by atoms with Gasteiger partial charge < -0.3 is 11.1 Å². The summed E-state index contributed by atoms with van der Waals surface area (Å²) in [5.74, 6) is 0.0201. The summed E-state index contributed by atoms with van der Waals surface area (Å²) in [5.41, 5.74) is 5.77. The van der Waals surface area contributed by atoms with E-state index in [1.807, 2.05) is 13.8 Å². The lowest BCUT2D eigenvalue weighted by Crippen LogP contribution is -2.40. The van der Waals surface area contributed by atoms with Gasteiger partial charge in [0.15, 0.2) is 0 Å². The highest BCUT2D eigenvalue weighted by Crippen LogP contribution is 2.15. The Hall–Kier alpha value is -0.910.